The van der Waals surface area contributed by atoms with Crippen molar-refractivity contribution in [3.63, 3.8) is 0 Å². The minimum Gasteiger partial charge on any atom is -0.465 e. The van der Waals surface area contributed by atoms with Gasteiger partial charge in [0.25, 0.3) is 0 Å². The summed E-state index contributed by atoms with van der Waals surface area (Å²) in [6.07, 6.45) is 4.35. The quantitative estimate of drug-likeness (QED) is 0.658. The van der Waals surface area contributed by atoms with Crippen LogP contribution in [0.1, 0.15) is 48.0 Å². The standard InChI is InChI=1S/C21H20ClFN2O4/c1-28-19(26)12-6-5-7-14(23)18(12)29-15-9-8-13(22)17-16(15)21(25-20(27)24-17)10-3-2-4-11-21/h5-9H,2-4,10-11H2,1H3,(H2,24,25,27). The Balaban J connectivity index is 1.87. The highest BCUT2D eigenvalue weighted by Crippen LogP contribution is 2.50. The molecule has 0 saturated heterocycles. The number of nitrogens with one attached hydrogen (secondary N) is 2. The maximum atomic E-state index is 14.6. The Morgan fingerprint density at radius 3 is 2.66 bits per heavy atom. The molecule has 1 heterocycles. The zero-order valence-corrected chi connectivity index (χ0v) is 16.6. The lowest BCUT2D eigenvalue weighted by molar-refractivity contribution is 0.0597. The number of anilines is 1. The molecule has 2 aromatic rings. The summed E-state index contributed by atoms with van der Waals surface area (Å²) in [6.45, 7) is 0. The molecule has 4 rings (SSSR count). The lowest BCUT2D eigenvalue weighted by atomic mass is 9.74. The smallest absolute Gasteiger partial charge is 0.341 e. The second kappa shape index (κ2) is 7.55. The molecule has 1 aliphatic heterocycles. The van der Waals surface area contributed by atoms with E-state index in [4.69, 9.17) is 21.1 Å². The Bertz CT molecular complexity index is 989. The van der Waals surface area contributed by atoms with Crippen molar-refractivity contribution in [3.8, 4) is 11.5 Å². The van der Waals surface area contributed by atoms with Gasteiger partial charge in [-0.3, -0.25) is 0 Å². The Morgan fingerprint density at radius 2 is 1.93 bits per heavy atom. The van der Waals surface area contributed by atoms with E-state index in [1.165, 1.54) is 25.3 Å². The van der Waals surface area contributed by atoms with Crippen molar-refractivity contribution in [3.05, 3.63) is 52.3 Å². The van der Waals surface area contributed by atoms with Crippen molar-refractivity contribution in [1.29, 1.82) is 0 Å². The number of fused-ring (bicyclic) bond motifs is 2. The van der Waals surface area contributed by atoms with E-state index < -0.39 is 17.3 Å². The minimum absolute atomic E-state index is 0.0262. The van der Waals surface area contributed by atoms with E-state index in [-0.39, 0.29) is 17.3 Å². The number of halogens is 2. The highest BCUT2D eigenvalue weighted by atomic mass is 35.5. The van der Waals surface area contributed by atoms with E-state index in [0.717, 1.165) is 19.3 Å². The van der Waals surface area contributed by atoms with E-state index in [2.05, 4.69) is 10.6 Å². The molecule has 2 N–H and O–H groups in total. The Hall–Kier alpha value is -2.80. The van der Waals surface area contributed by atoms with Gasteiger partial charge in [0, 0.05) is 5.56 Å². The Labute approximate surface area is 172 Å². The maximum Gasteiger partial charge on any atom is 0.341 e. The fourth-order valence-electron chi connectivity index (χ4n) is 4.19. The number of carbonyl (C=O) groups excluding carboxylic acids is 2. The molecule has 152 valence electrons. The summed E-state index contributed by atoms with van der Waals surface area (Å²) in [7, 11) is 1.22. The molecule has 8 heteroatoms. The van der Waals surface area contributed by atoms with Gasteiger partial charge in [-0.25, -0.2) is 14.0 Å². The van der Waals surface area contributed by atoms with Crippen molar-refractivity contribution < 1.29 is 23.5 Å². The van der Waals surface area contributed by atoms with Gasteiger partial charge in [0.1, 0.15) is 11.3 Å². The van der Waals surface area contributed by atoms with Crippen LogP contribution >= 0.6 is 11.6 Å². The number of benzene rings is 2. The molecule has 0 radical (unpaired) electrons. The van der Waals surface area contributed by atoms with Crippen molar-refractivity contribution in [1.82, 2.24) is 5.32 Å². The summed E-state index contributed by atoms with van der Waals surface area (Å²) in [5, 5.41) is 6.14. The molecule has 0 unspecified atom stereocenters. The molecule has 2 aromatic carbocycles. The van der Waals surface area contributed by atoms with Crippen LogP contribution in [-0.2, 0) is 10.3 Å². The molecule has 1 saturated carbocycles. The molecule has 0 aromatic heterocycles. The number of urea groups is 1. The van der Waals surface area contributed by atoms with Crippen LogP contribution in [0.4, 0.5) is 14.9 Å². The van der Waals surface area contributed by atoms with Gasteiger partial charge in [-0.15, -0.1) is 0 Å². The number of hydrogen-bond acceptors (Lipinski definition) is 4. The summed E-state index contributed by atoms with van der Waals surface area (Å²) in [6, 6.07) is 6.93. The van der Waals surface area contributed by atoms with E-state index in [1.807, 2.05) is 0 Å². The van der Waals surface area contributed by atoms with Gasteiger partial charge >= 0.3 is 12.0 Å². The van der Waals surface area contributed by atoms with E-state index in [1.54, 1.807) is 12.1 Å². The summed E-state index contributed by atoms with van der Waals surface area (Å²) in [5.74, 6) is -1.30. The van der Waals surface area contributed by atoms with Crippen LogP contribution in [0.25, 0.3) is 0 Å². The fraction of sp³-hybridized carbons (Fsp3) is 0.333. The van der Waals surface area contributed by atoms with Crippen LogP contribution in [0.15, 0.2) is 30.3 Å². The van der Waals surface area contributed by atoms with Gasteiger partial charge in [-0.1, -0.05) is 36.9 Å². The highest BCUT2D eigenvalue weighted by Gasteiger charge is 2.44. The summed E-state index contributed by atoms with van der Waals surface area (Å²) in [5.41, 5.74) is 0.433. The summed E-state index contributed by atoms with van der Waals surface area (Å²) >= 11 is 6.37. The molecule has 29 heavy (non-hydrogen) atoms. The number of carbonyl (C=O) groups is 2. The first kappa shape index (κ1) is 19.5. The molecule has 2 amide bonds. The molecular formula is C21H20ClFN2O4. The highest BCUT2D eigenvalue weighted by molar-refractivity contribution is 6.34. The number of amides is 2. The zero-order valence-electron chi connectivity index (χ0n) is 15.8. The molecule has 0 bridgehead atoms. The molecule has 1 spiro atoms. The van der Waals surface area contributed by atoms with E-state index in [0.29, 0.717) is 34.9 Å². The number of rotatable bonds is 3. The third-order valence-electron chi connectivity index (χ3n) is 5.48. The molecule has 6 nitrogen and oxygen atoms in total. The number of esters is 1. The van der Waals surface area contributed by atoms with Crippen molar-refractivity contribution in [2.45, 2.75) is 37.6 Å². The Kier molecular flexibility index (Phi) is 5.08. The number of hydrogen-bond donors (Lipinski definition) is 2. The van der Waals surface area contributed by atoms with Gasteiger partial charge in [-0.2, -0.15) is 0 Å². The SMILES string of the molecule is COC(=O)c1cccc(F)c1Oc1ccc(Cl)c2c1C1(CCCCC1)NC(=O)N2. The van der Waals surface area contributed by atoms with Gasteiger partial charge in [0.05, 0.1) is 23.4 Å². The zero-order chi connectivity index (χ0) is 20.6. The number of methoxy groups -OCH3 is 1. The molecular weight excluding hydrogens is 399 g/mol. The van der Waals surface area contributed by atoms with Gasteiger partial charge in [0.15, 0.2) is 11.6 Å². The van der Waals surface area contributed by atoms with Crippen LogP contribution in [0, 0.1) is 5.82 Å². The van der Waals surface area contributed by atoms with Crippen LogP contribution in [-0.4, -0.2) is 19.1 Å². The van der Waals surface area contributed by atoms with Crippen LogP contribution < -0.4 is 15.4 Å². The number of para-hydroxylation sites is 1. The van der Waals surface area contributed by atoms with Gasteiger partial charge < -0.3 is 20.1 Å². The first-order chi connectivity index (χ1) is 13.9. The molecule has 1 fully saturated rings. The average Bonchev–Trinajstić information content (AvgIpc) is 2.71. The van der Waals surface area contributed by atoms with Crippen molar-refractivity contribution in [2.24, 2.45) is 0 Å². The predicted molar refractivity (Wildman–Crippen MR) is 106 cm³/mol. The number of ether oxygens (including phenoxy) is 2. The molecule has 2 aliphatic rings. The predicted octanol–water partition coefficient (Wildman–Crippen LogP) is 5.35. The van der Waals surface area contributed by atoms with E-state index in [9.17, 15) is 14.0 Å². The van der Waals surface area contributed by atoms with Crippen molar-refractivity contribution >= 4 is 29.3 Å². The Morgan fingerprint density at radius 1 is 1.17 bits per heavy atom. The summed E-state index contributed by atoms with van der Waals surface area (Å²) < 4.78 is 25.3. The molecule has 0 atom stereocenters. The average molecular weight is 419 g/mol. The maximum absolute atomic E-state index is 14.6. The third-order valence-corrected chi connectivity index (χ3v) is 5.79. The van der Waals surface area contributed by atoms with Gasteiger partial charge in [0.2, 0.25) is 0 Å². The van der Waals surface area contributed by atoms with Crippen LogP contribution in [0.5, 0.6) is 11.5 Å². The lowest BCUT2D eigenvalue weighted by Crippen LogP contribution is -2.52. The first-order valence-corrected chi connectivity index (χ1v) is 9.80. The van der Waals surface area contributed by atoms with Crippen LogP contribution in [0.2, 0.25) is 5.02 Å². The van der Waals surface area contributed by atoms with Crippen LogP contribution in [0.3, 0.4) is 0 Å². The fourth-order valence-corrected chi connectivity index (χ4v) is 4.39. The van der Waals surface area contributed by atoms with E-state index >= 15 is 0 Å². The summed E-state index contributed by atoms with van der Waals surface area (Å²) in [4.78, 5) is 24.4. The first-order valence-electron chi connectivity index (χ1n) is 9.42. The third kappa shape index (κ3) is 3.40. The van der Waals surface area contributed by atoms with Crippen molar-refractivity contribution in [2.75, 3.05) is 12.4 Å². The normalized spacial score (nSPS) is 17.1. The second-order valence-electron chi connectivity index (χ2n) is 7.23. The minimum atomic E-state index is -0.707. The largest absolute Gasteiger partial charge is 0.465 e. The molecule has 1 aliphatic carbocycles. The lowest BCUT2D eigenvalue weighted by Gasteiger charge is -2.43. The monoisotopic (exact) mass is 418 g/mol. The second-order valence-corrected chi connectivity index (χ2v) is 7.63. The topological polar surface area (TPSA) is 76.7 Å². The van der Waals surface area contributed by atoms with Gasteiger partial charge in [-0.05, 0) is 37.1 Å².